The summed E-state index contributed by atoms with van der Waals surface area (Å²) < 4.78 is 5.61. The van der Waals surface area contributed by atoms with Crippen molar-refractivity contribution < 1.29 is 9.53 Å². The lowest BCUT2D eigenvalue weighted by atomic mass is 10.0. The largest absolute Gasteiger partial charge is 0.439 e. The molecular formula is C16H18ClN3O2. The third-order valence-electron chi connectivity index (χ3n) is 3.18. The summed E-state index contributed by atoms with van der Waals surface area (Å²) in [5.41, 5.74) is 5.47. The van der Waals surface area contributed by atoms with Crippen LogP contribution < -0.4 is 15.8 Å². The Labute approximate surface area is 134 Å². The molecule has 1 heterocycles. The number of nitrogens with two attached hydrogens (primary N) is 1. The van der Waals surface area contributed by atoms with Gasteiger partial charge in [0.2, 0.25) is 11.8 Å². The summed E-state index contributed by atoms with van der Waals surface area (Å²) in [5.74, 6) is 0.751. The number of rotatable bonds is 6. The number of primary amides is 1. The van der Waals surface area contributed by atoms with Crippen molar-refractivity contribution in [2.75, 3.05) is 0 Å². The van der Waals surface area contributed by atoms with Crippen LogP contribution in [-0.2, 0) is 11.3 Å². The fourth-order valence-electron chi connectivity index (χ4n) is 1.61. The van der Waals surface area contributed by atoms with Gasteiger partial charge in [-0.2, -0.15) is 0 Å². The summed E-state index contributed by atoms with van der Waals surface area (Å²) in [5, 5.41) is 3.73. The third kappa shape index (κ3) is 4.44. The Kier molecular flexibility index (Phi) is 5.00. The van der Waals surface area contributed by atoms with Gasteiger partial charge in [0.25, 0.3) is 0 Å². The fraction of sp³-hybridized carbons (Fsp3) is 0.250. The van der Waals surface area contributed by atoms with E-state index in [1.54, 1.807) is 50.4 Å². The number of nitrogens with zero attached hydrogens (tertiary/aromatic N) is 1. The number of halogens is 1. The minimum absolute atomic E-state index is 0.400. The van der Waals surface area contributed by atoms with Crippen molar-refractivity contribution in [3.8, 4) is 11.6 Å². The van der Waals surface area contributed by atoms with Crippen LogP contribution in [0.5, 0.6) is 11.6 Å². The van der Waals surface area contributed by atoms with E-state index in [1.165, 1.54) is 0 Å². The van der Waals surface area contributed by atoms with E-state index in [0.717, 1.165) is 5.56 Å². The molecule has 6 heteroatoms. The van der Waals surface area contributed by atoms with E-state index in [4.69, 9.17) is 22.1 Å². The summed E-state index contributed by atoms with van der Waals surface area (Å²) in [6, 6.07) is 10.7. The lowest BCUT2D eigenvalue weighted by Gasteiger charge is -2.22. The van der Waals surface area contributed by atoms with Gasteiger partial charge in [0.05, 0.1) is 5.54 Å². The molecule has 0 radical (unpaired) electrons. The van der Waals surface area contributed by atoms with Gasteiger partial charge >= 0.3 is 0 Å². The van der Waals surface area contributed by atoms with Gasteiger partial charge < -0.3 is 10.5 Å². The summed E-state index contributed by atoms with van der Waals surface area (Å²) in [6.45, 7) is 3.96. The van der Waals surface area contributed by atoms with E-state index in [1.807, 2.05) is 6.07 Å². The Hall–Kier alpha value is -2.11. The lowest BCUT2D eigenvalue weighted by molar-refractivity contribution is -0.123. The molecule has 0 saturated heterocycles. The molecule has 2 rings (SSSR count). The van der Waals surface area contributed by atoms with Gasteiger partial charge in [-0.25, -0.2) is 4.98 Å². The Bertz CT molecular complexity index is 639. The zero-order valence-electron chi connectivity index (χ0n) is 12.5. The summed E-state index contributed by atoms with van der Waals surface area (Å²) in [7, 11) is 0. The highest BCUT2D eigenvalue weighted by molar-refractivity contribution is 6.30. The molecule has 2 aromatic rings. The van der Waals surface area contributed by atoms with Crippen LogP contribution in [0.25, 0.3) is 0 Å². The smallest absolute Gasteiger partial charge is 0.237 e. The molecule has 1 aromatic carbocycles. The molecular weight excluding hydrogens is 302 g/mol. The second-order valence-electron chi connectivity index (χ2n) is 5.40. The van der Waals surface area contributed by atoms with Gasteiger partial charge in [0.15, 0.2) is 0 Å². The molecule has 0 atom stereocenters. The minimum Gasteiger partial charge on any atom is -0.439 e. The molecule has 1 amide bonds. The van der Waals surface area contributed by atoms with E-state index in [-0.39, 0.29) is 0 Å². The van der Waals surface area contributed by atoms with E-state index < -0.39 is 11.4 Å². The van der Waals surface area contributed by atoms with Crippen molar-refractivity contribution in [2.45, 2.75) is 25.9 Å². The van der Waals surface area contributed by atoms with Gasteiger partial charge in [0, 0.05) is 23.8 Å². The number of hydrogen-bond acceptors (Lipinski definition) is 4. The lowest BCUT2D eigenvalue weighted by Crippen LogP contribution is -2.50. The number of carbonyl (C=O) groups excluding carboxylic acids is 1. The molecule has 22 heavy (non-hydrogen) atoms. The number of hydrogen-bond donors (Lipinski definition) is 2. The van der Waals surface area contributed by atoms with Crippen molar-refractivity contribution in [3.05, 3.63) is 53.2 Å². The van der Waals surface area contributed by atoms with Crippen LogP contribution in [-0.4, -0.2) is 16.4 Å². The first-order valence-corrected chi connectivity index (χ1v) is 7.18. The van der Waals surface area contributed by atoms with Crippen LogP contribution in [0.2, 0.25) is 5.02 Å². The molecule has 0 aliphatic carbocycles. The topological polar surface area (TPSA) is 77.2 Å². The van der Waals surface area contributed by atoms with E-state index in [0.29, 0.717) is 23.2 Å². The number of aromatic nitrogens is 1. The molecule has 0 unspecified atom stereocenters. The monoisotopic (exact) mass is 319 g/mol. The average molecular weight is 320 g/mol. The van der Waals surface area contributed by atoms with Crippen molar-refractivity contribution in [1.29, 1.82) is 0 Å². The molecule has 3 N–H and O–H groups in total. The molecule has 5 nitrogen and oxygen atoms in total. The predicted octanol–water partition coefficient (Wildman–Crippen LogP) is 2.88. The molecule has 0 bridgehead atoms. The van der Waals surface area contributed by atoms with Crippen LogP contribution in [0, 0.1) is 0 Å². The SMILES string of the molecule is CC(C)(NCc1ccc(Oc2ccc(Cl)cc2)nc1)C(N)=O. The second-order valence-corrected chi connectivity index (χ2v) is 5.84. The Morgan fingerprint density at radius 2 is 1.95 bits per heavy atom. The normalized spacial score (nSPS) is 11.2. The first-order valence-electron chi connectivity index (χ1n) is 6.80. The highest BCUT2D eigenvalue weighted by Crippen LogP contribution is 2.21. The first kappa shape index (κ1) is 16.3. The third-order valence-corrected chi connectivity index (χ3v) is 3.44. The van der Waals surface area contributed by atoms with Crippen molar-refractivity contribution >= 4 is 17.5 Å². The number of carbonyl (C=O) groups is 1. The molecule has 1 aromatic heterocycles. The molecule has 0 spiro atoms. The maximum absolute atomic E-state index is 11.2. The minimum atomic E-state index is -0.765. The Morgan fingerprint density at radius 3 is 2.50 bits per heavy atom. The highest BCUT2D eigenvalue weighted by atomic mass is 35.5. The van der Waals surface area contributed by atoms with Crippen LogP contribution in [0.15, 0.2) is 42.6 Å². The molecule has 0 saturated carbocycles. The van der Waals surface area contributed by atoms with Crippen molar-refractivity contribution in [2.24, 2.45) is 5.73 Å². The summed E-state index contributed by atoms with van der Waals surface area (Å²) in [6.07, 6.45) is 1.69. The molecule has 0 aliphatic heterocycles. The average Bonchev–Trinajstić information content (AvgIpc) is 2.49. The predicted molar refractivity (Wildman–Crippen MR) is 85.9 cm³/mol. The maximum Gasteiger partial charge on any atom is 0.237 e. The van der Waals surface area contributed by atoms with Gasteiger partial charge in [0.1, 0.15) is 5.75 Å². The van der Waals surface area contributed by atoms with Gasteiger partial charge in [-0.1, -0.05) is 17.7 Å². The molecule has 0 aliphatic rings. The van der Waals surface area contributed by atoms with E-state index in [2.05, 4.69) is 10.3 Å². The summed E-state index contributed by atoms with van der Waals surface area (Å²) in [4.78, 5) is 15.5. The first-order chi connectivity index (χ1) is 10.4. The number of amides is 1. The quantitative estimate of drug-likeness (QED) is 0.858. The summed E-state index contributed by atoms with van der Waals surface area (Å²) >= 11 is 5.82. The van der Waals surface area contributed by atoms with Crippen molar-refractivity contribution in [3.63, 3.8) is 0 Å². The van der Waals surface area contributed by atoms with Crippen LogP contribution >= 0.6 is 11.6 Å². The van der Waals surface area contributed by atoms with Gasteiger partial charge in [-0.15, -0.1) is 0 Å². The van der Waals surface area contributed by atoms with Gasteiger partial charge in [-0.05, 0) is 43.7 Å². The number of ether oxygens (including phenoxy) is 1. The van der Waals surface area contributed by atoms with Crippen molar-refractivity contribution in [1.82, 2.24) is 10.3 Å². The Morgan fingerprint density at radius 1 is 1.27 bits per heavy atom. The van der Waals surface area contributed by atoms with Crippen LogP contribution in [0.3, 0.4) is 0 Å². The van der Waals surface area contributed by atoms with Crippen LogP contribution in [0.4, 0.5) is 0 Å². The Balaban J connectivity index is 1.95. The zero-order valence-corrected chi connectivity index (χ0v) is 13.2. The molecule has 0 fully saturated rings. The fourth-order valence-corrected chi connectivity index (χ4v) is 1.74. The standard InChI is InChI=1S/C16H18ClN3O2/c1-16(2,15(18)21)20-10-11-3-8-14(19-9-11)22-13-6-4-12(17)5-7-13/h3-9,20H,10H2,1-2H3,(H2,18,21). The van der Waals surface area contributed by atoms with E-state index in [9.17, 15) is 4.79 Å². The van der Waals surface area contributed by atoms with E-state index >= 15 is 0 Å². The highest BCUT2D eigenvalue weighted by Gasteiger charge is 2.23. The molecule has 116 valence electrons. The zero-order chi connectivity index (χ0) is 16.2. The number of pyridine rings is 1. The van der Waals surface area contributed by atoms with Gasteiger partial charge in [-0.3, -0.25) is 10.1 Å². The number of benzene rings is 1. The van der Waals surface area contributed by atoms with Crippen LogP contribution in [0.1, 0.15) is 19.4 Å². The maximum atomic E-state index is 11.2. The number of nitrogens with one attached hydrogen (secondary N) is 1. The second kappa shape index (κ2) is 6.77.